The topological polar surface area (TPSA) is 12.0 Å². The SMILES string of the molecule is CC1(C)CNC2=C1CC=CC2. The van der Waals surface area contributed by atoms with Gasteiger partial charge in [-0.15, -0.1) is 0 Å². The molecule has 0 aromatic carbocycles. The molecule has 60 valence electrons. The summed E-state index contributed by atoms with van der Waals surface area (Å²) in [7, 11) is 0. The second-order valence-electron chi connectivity index (χ2n) is 4.07. The third kappa shape index (κ3) is 0.991. The summed E-state index contributed by atoms with van der Waals surface area (Å²) < 4.78 is 0. The lowest BCUT2D eigenvalue weighted by Crippen LogP contribution is -2.19. The molecule has 0 saturated carbocycles. The number of allylic oxidation sites excluding steroid dienone is 2. The first kappa shape index (κ1) is 6.96. The Hall–Kier alpha value is -0.720. The zero-order valence-electron chi connectivity index (χ0n) is 7.28. The second-order valence-corrected chi connectivity index (χ2v) is 4.07. The van der Waals surface area contributed by atoms with Crippen LogP contribution in [0.5, 0.6) is 0 Å². The smallest absolute Gasteiger partial charge is 0.0233 e. The van der Waals surface area contributed by atoms with Gasteiger partial charge in [-0.05, 0) is 12.0 Å². The Morgan fingerprint density at radius 1 is 1.27 bits per heavy atom. The first-order valence-electron chi connectivity index (χ1n) is 4.31. The van der Waals surface area contributed by atoms with Crippen molar-refractivity contribution in [3.05, 3.63) is 23.4 Å². The summed E-state index contributed by atoms with van der Waals surface area (Å²) in [4.78, 5) is 0. The molecular weight excluding hydrogens is 134 g/mol. The summed E-state index contributed by atoms with van der Waals surface area (Å²) in [5, 5.41) is 3.48. The van der Waals surface area contributed by atoms with Crippen molar-refractivity contribution in [1.82, 2.24) is 5.32 Å². The number of rotatable bonds is 0. The predicted octanol–water partition coefficient (Wildman–Crippen LogP) is 2.22. The normalized spacial score (nSPS) is 26.7. The zero-order chi connectivity index (χ0) is 7.90. The Morgan fingerprint density at radius 3 is 2.73 bits per heavy atom. The molecule has 1 N–H and O–H groups in total. The summed E-state index contributed by atoms with van der Waals surface area (Å²) in [5.74, 6) is 0. The molecule has 0 aromatic rings. The summed E-state index contributed by atoms with van der Waals surface area (Å²) in [6, 6.07) is 0. The van der Waals surface area contributed by atoms with Gasteiger partial charge in [-0.25, -0.2) is 0 Å². The maximum atomic E-state index is 3.48. The third-order valence-corrected chi connectivity index (χ3v) is 2.74. The fourth-order valence-corrected chi connectivity index (χ4v) is 1.95. The van der Waals surface area contributed by atoms with Crippen LogP contribution in [0, 0.1) is 5.41 Å². The predicted molar refractivity (Wildman–Crippen MR) is 47.2 cm³/mol. The average Bonchev–Trinajstić information content (AvgIpc) is 2.29. The molecule has 2 aliphatic rings. The molecule has 0 saturated heterocycles. The fraction of sp³-hybridized carbons (Fsp3) is 0.600. The minimum atomic E-state index is 0.403. The highest BCUT2D eigenvalue weighted by atomic mass is 14.9. The van der Waals surface area contributed by atoms with E-state index in [1.165, 1.54) is 5.70 Å². The van der Waals surface area contributed by atoms with Gasteiger partial charge in [0.1, 0.15) is 0 Å². The van der Waals surface area contributed by atoms with E-state index in [4.69, 9.17) is 0 Å². The molecule has 0 spiro atoms. The van der Waals surface area contributed by atoms with Crippen LogP contribution >= 0.6 is 0 Å². The second kappa shape index (κ2) is 2.13. The summed E-state index contributed by atoms with van der Waals surface area (Å²) >= 11 is 0. The van der Waals surface area contributed by atoms with E-state index >= 15 is 0 Å². The van der Waals surface area contributed by atoms with Gasteiger partial charge in [0.15, 0.2) is 0 Å². The molecule has 0 radical (unpaired) electrons. The van der Waals surface area contributed by atoms with Crippen molar-refractivity contribution in [2.45, 2.75) is 26.7 Å². The van der Waals surface area contributed by atoms with Gasteiger partial charge in [-0.2, -0.15) is 0 Å². The molecule has 2 rings (SSSR count). The Bertz CT molecular complexity index is 233. The maximum Gasteiger partial charge on any atom is 0.0233 e. The molecule has 1 aliphatic carbocycles. The van der Waals surface area contributed by atoms with Crippen LogP contribution < -0.4 is 5.32 Å². The van der Waals surface area contributed by atoms with Crippen molar-refractivity contribution in [1.29, 1.82) is 0 Å². The fourth-order valence-electron chi connectivity index (χ4n) is 1.95. The first-order chi connectivity index (χ1) is 5.20. The van der Waals surface area contributed by atoms with E-state index in [-0.39, 0.29) is 0 Å². The average molecular weight is 149 g/mol. The Labute approximate surface area is 68.2 Å². The molecule has 0 unspecified atom stereocenters. The lowest BCUT2D eigenvalue weighted by Gasteiger charge is -2.21. The van der Waals surface area contributed by atoms with Gasteiger partial charge < -0.3 is 5.32 Å². The van der Waals surface area contributed by atoms with Crippen LogP contribution in [-0.4, -0.2) is 6.54 Å². The van der Waals surface area contributed by atoms with Crippen molar-refractivity contribution < 1.29 is 0 Å². The van der Waals surface area contributed by atoms with Crippen molar-refractivity contribution in [2.75, 3.05) is 6.54 Å². The Kier molecular flexibility index (Phi) is 1.35. The lowest BCUT2D eigenvalue weighted by atomic mass is 9.82. The highest BCUT2D eigenvalue weighted by Gasteiger charge is 2.31. The standard InChI is InChI=1S/C10H15N/c1-10(2)7-11-9-6-4-3-5-8(9)10/h3-4,11H,5-7H2,1-2H3. The van der Waals surface area contributed by atoms with Crippen molar-refractivity contribution in [2.24, 2.45) is 5.41 Å². The molecular formula is C10H15N. The van der Waals surface area contributed by atoms with E-state index in [1.807, 2.05) is 0 Å². The summed E-state index contributed by atoms with van der Waals surface area (Å²) in [6.45, 7) is 5.77. The first-order valence-corrected chi connectivity index (χ1v) is 4.31. The van der Waals surface area contributed by atoms with Crippen LogP contribution in [0.25, 0.3) is 0 Å². The maximum absolute atomic E-state index is 3.48. The number of hydrogen-bond donors (Lipinski definition) is 1. The van der Waals surface area contributed by atoms with Crippen LogP contribution in [0.1, 0.15) is 26.7 Å². The van der Waals surface area contributed by atoms with Gasteiger partial charge in [-0.1, -0.05) is 26.0 Å². The van der Waals surface area contributed by atoms with Gasteiger partial charge >= 0.3 is 0 Å². The van der Waals surface area contributed by atoms with Gasteiger partial charge in [0.25, 0.3) is 0 Å². The monoisotopic (exact) mass is 149 g/mol. The minimum absolute atomic E-state index is 0.403. The molecule has 0 aromatic heterocycles. The van der Waals surface area contributed by atoms with E-state index in [0.29, 0.717) is 5.41 Å². The highest BCUT2D eigenvalue weighted by molar-refractivity contribution is 5.32. The Morgan fingerprint density at radius 2 is 2.00 bits per heavy atom. The van der Waals surface area contributed by atoms with Crippen molar-refractivity contribution >= 4 is 0 Å². The van der Waals surface area contributed by atoms with E-state index < -0.39 is 0 Å². The molecule has 0 atom stereocenters. The van der Waals surface area contributed by atoms with Crippen LogP contribution in [-0.2, 0) is 0 Å². The van der Waals surface area contributed by atoms with E-state index in [1.54, 1.807) is 5.57 Å². The summed E-state index contributed by atoms with van der Waals surface area (Å²) in [5.41, 5.74) is 3.51. The largest absolute Gasteiger partial charge is 0.387 e. The van der Waals surface area contributed by atoms with Crippen LogP contribution in [0.15, 0.2) is 23.4 Å². The van der Waals surface area contributed by atoms with Crippen molar-refractivity contribution in [3.8, 4) is 0 Å². The molecule has 1 heteroatoms. The molecule has 0 bridgehead atoms. The number of nitrogens with one attached hydrogen (secondary N) is 1. The quantitative estimate of drug-likeness (QED) is 0.521. The van der Waals surface area contributed by atoms with Gasteiger partial charge in [0.05, 0.1) is 0 Å². The highest BCUT2D eigenvalue weighted by Crippen LogP contribution is 2.38. The lowest BCUT2D eigenvalue weighted by molar-refractivity contribution is 0.462. The third-order valence-electron chi connectivity index (χ3n) is 2.74. The van der Waals surface area contributed by atoms with Gasteiger partial charge in [-0.3, -0.25) is 0 Å². The zero-order valence-corrected chi connectivity index (χ0v) is 7.28. The molecule has 1 aliphatic heterocycles. The minimum Gasteiger partial charge on any atom is -0.387 e. The molecule has 11 heavy (non-hydrogen) atoms. The molecule has 1 heterocycles. The van der Waals surface area contributed by atoms with Gasteiger partial charge in [0, 0.05) is 24.1 Å². The molecule has 0 amide bonds. The van der Waals surface area contributed by atoms with Crippen LogP contribution in [0.2, 0.25) is 0 Å². The van der Waals surface area contributed by atoms with Crippen molar-refractivity contribution in [3.63, 3.8) is 0 Å². The molecule has 0 fully saturated rings. The van der Waals surface area contributed by atoms with Gasteiger partial charge in [0.2, 0.25) is 0 Å². The number of hydrogen-bond acceptors (Lipinski definition) is 1. The molecule has 1 nitrogen and oxygen atoms in total. The van der Waals surface area contributed by atoms with Crippen LogP contribution in [0.4, 0.5) is 0 Å². The van der Waals surface area contributed by atoms with E-state index in [9.17, 15) is 0 Å². The van der Waals surface area contributed by atoms with E-state index in [0.717, 1.165) is 19.4 Å². The van der Waals surface area contributed by atoms with E-state index in [2.05, 4.69) is 31.3 Å². The van der Waals surface area contributed by atoms with Crippen LogP contribution in [0.3, 0.4) is 0 Å². The Balaban J connectivity index is 2.31. The summed E-state index contributed by atoms with van der Waals surface area (Å²) in [6.07, 6.45) is 6.83.